The summed E-state index contributed by atoms with van der Waals surface area (Å²) >= 11 is 0. The van der Waals surface area contributed by atoms with E-state index in [2.05, 4.69) is 10.1 Å². The smallest absolute Gasteiger partial charge is 0.234 e. The fourth-order valence-corrected chi connectivity index (χ4v) is 1.67. The van der Waals surface area contributed by atoms with Crippen molar-refractivity contribution in [3.63, 3.8) is 0 Å². The quantitative estimate of drug-likeness (QED) is 0.735. The van der Waals surface area contributed by atoms with Crippen molar-refractivity contribution >= 4 is 5.78 Å². The van der Waals surface area contributed by atoms with E-state index >= 15 is 0 Å². The molecule has 5 nitrogen and oxygen atoms in total. The van der Waals surface area contributed by atoms with E-state index in [0.29, 0.717) is 24.2 Å². The molecule has 1 aromatic heterocycles. The van der Waals surface area contributed by atoms with E-state index in [1.807, 2.05) is 6.92 Å². The summed E-state index contributed by atoms with van der Waals surface area (Å²) in [5, 5.41) is 3.89. The highest BCUT2D eigenvalue weighted by molar-refractivity contribution is 5.77. The first kappa shape index (κ1) is 11.3. The number of hydrogen-bond acceptors (Lipinski definition) is 5. The third-order valence-electron chi connectivity index (χ3n) is 2.53. The van der Waals surface area contributed by atoms with Crippen LogP contribution < -0.4 is 0 Å². The number of Topliss-reactive ketones (excluding diaryl/α,β-unsaturated/α-hetero) is 1. The molecule has 1 aliphatic rings. The van der Waals surface area contributed by atoms with E-state index in [-0.39, 0.29) is 18.3 Å². The van der Waals surface area contributed by atoms with Crippen LogP contribution in [0.4, 0.5) is 0 Å². The second-order valence-electron chi connectivity index (χ2n) is 4.14. The fourth-order valence-electron chi connectivity index (χ4n) is 1.67. The minimum atomic E-state index is -0.0607. The van der Waals surface area contributed by atoms with Crippen LogP contribution in [0.25, 0.3) is 0 Å². The highest BCUT2D eigenvalue weighted by Crippen LogP contribution is 2.42. The van der Waals surface area contributed by atoms with Crippen molar-refractivity contribution in [2.75, 3.05) is 6.61 Å². The van der Waals surface area contributed by atoms with Crippen molar-refractivity contribution in [1.82, 2.24) is 10.1 Å². The molecule has 1 fully saturated rings. The molecule has 5 heteroatoms. The van der Waals surface area contributed by atoms with Crippen LogP contribution in [0.2, 0.25) is 0 Å². The number of rotatable bonds is 6. The number of ether oxygens (including phenoxy) is 1. The molecule has 0 radical (unpaired) electrons. The Kier molecular flexibility index (Phi) is 3.33. The van der Waals surface area contributed by atoms with Gasteiger partial charge in [-0.3, -0.25) is 4.79 Å². The summed E-state index contributed by atoms with van der Waals surface area (Å²) in [5.74, 6) is 1.51. The van der Waals surface area contributed by atoms with E-state index in [1.165, 1.54) is 6.92 Å². The van der Waals surface area contributed by atoms with Gasteiger partial charge in [-0.15, -0.1) is 0 Å². The summed E-state index contributed by atoms with van der Waals surface area (Å²) in [4.78, 5) is 15.1. The Balaban J connectivity index is 2.06. The van der Waals surface area contributed by atoms with Crippen molar-refractivity contribution in [2.24, 2.45) is 5.92 Å². The van der Waals surface area contributed by atoms with Gasteiger partial charge in [0, 0.05) is 6.61 Å². The normalized spacial score (nSPS) is 17.4. The number of aromatic nitrogens is 2. The Morgan fingerprint density at radius 3 is 2.94 bits per heavy atom. The van der Waals surface area contributed by atoms with Crippen molar-refractivity contribution in [1.29, 1.82) is 0 Å². The maximum Gasteiger partial charge on any atom is 0.234 e. The lowest BCUT2D eigenvalue weighted by Crippen LogP contribution is -2.08. The zero-order valence-corrected chi connectivity index (χ0v) is 9.60. The molecule has 0 spiro atoms. The minimum Gasteiger partial charge on any atom is -0.370 e. The number of ketones is 1. The van der Waals surface area contributed by atoms with Gasteiger partial charge in [0.1, 0.15) is 11.9 Å². The van der Waals surface area contributed by atoms with Crippen LogP contribution in [0.15, 0.2) is 4.52 Å². The van der Waals surface area contributed by atoms with Gasteiger partial charge >= 0.3 is 0 Å². The number of carbonyl (C=O) groups is 1. The SMILES string of the molecule is CCOC(c1noc(CC(C)=O)n1)C1CC1. The van der Waals surface area contributed by atoms with E-state index in [4.69, 9.17) is 9.26 Å². The van der Waals surface area contributed by atoms with E-state index in [0.717, 1.165) is 12.8 Å². The topological polar surface area (TPSA) is 65.2 Å². The van der Waals surface area contributed by atoms with E-state index in [1.54, 1.807) is 0 Å². The highest BCUT2D eigenvalue weighted by Gasteiger charge is 2.36. The Bertz CT molecular complexity index is 371. The molecule has 16 heavy (non-hydrogen) atoms. The number of hydrogen-bond donors (Lipinski definition) is 0. The summed E-state index contributed by atoms with van der Waals surface area (Å²) in [7, 11) is 0. The van der Waals surface area contributed by atoms with Crippen molar-refractivity contribution in [3.05, 3.63) is 11.7 Å². The van der Waals surface area contributed by atoms with Gasteiger partial charge in [0.2, 0.25) is 11.7 Å². The van der Waals surface area contributed by atoms with Crippen LogP contribution >= 0.6 is 0 Å². The largest absolute Gasteiger partial charge is 0.370 e. The summed E-state index contributed by atoms with van der Waals surface area (Å²) in [6.07, 6.45) is 2.45. The molecule has 1 aromatic rings. The first-order chi connectivity index (χ1) is 7.70. The van der Waals surface area contributed by atoms with Gasteiger partial charge in [0.25, 0.3) is 0 Å². The summed E-state index contributed by atoms with van der Waals surface area (Å²) < 4.78 is 10.6. The predicted molar refractivity (Wildman–Crippen MR) is 55.8 cm³/mol. The molecular formula is C11H16N2O3. The zero-order valence-electron chi connectivity index (χ0n) is 9.60. The highest BCUT2D eigenvalue weighted by atomic mass is 16.5. The standard InChI is InChI=1S/C11H16N2O3/c1-3-15-10(8-4-5-8)11-12-9(16-13-11)6-7(2)14/h8,10H,3-6H2,1-2H3. The molecule has 0 aromatic carbocycles. The average Bonchev–Trinajstić information content (AvgIpc) is 2.96. The lowest BCUT2D eigenvalue weighted by molar-refractivity contribution is -0.116. The molecule has 0 saturated heterocycles. The van der Waals surface area contributed by atoms with Gasteiger partial charge in [0.15, 0.2) is 0 Å². The second-order valence-corrected chi connectivity index (χ2v) is 4.14. The van der Waals surface area contributed by atoms with Crippen molar-refractivity contribution in [2.45, 2.75) is 39.2 Å². The van der Waals surface area contributed by atoms with Crippen LogP contribution in [0.3, 0.4) is 0 Å². The lowest BCUT2D eigenvalue weighted by Gasteiger charge is -2.10. The Labute approximate surface area is 94.2 Å². The molecule has 2 rings (SSSR count). The first-order valence-electron chi connectivity index (χ1n) is 5.64. The van der Waals surface area contributed by atoms with Crippen LogP contribution in [-0.2, 0) is 16.0 Å². The predicted octanol–water partition coefficient (Wildman–Crippen LogP) is 1.69. The first-order valence-corrected chi connectivity index (χ1v) is 5.64. The molecule has 1 atom stereocenters. The number of carbonyl (C=O) groups excluding carboxylic acids is 1. The van der Waals surface area contributed by atoms with Crippen LogP contribution in [0.1, 0.15) is 44.5 Å². The molecule has 0 aliphatic heterocycles. The molecule has 0 amide bonds. The maximum absolute atomic E-state index is 10.9. The summed E-state index contributed by atoms with van der Waals surface area (Å²) in [6.45, 7) is 4.09. The van der Waals surface area contributed by atoms with Crippen molar-refractivity contribution in [3.8, 4) is 0 Å². The molecule has 1 aliphatic carbocycles. The number of nitrogens with zero attached hydrogens (tertiary/aromatic N) is 2. The molecule has 1 unspecified atom stereocenters. The zero-order chi connectivity index (χ0) is 11.5. The van der Waals surface area contributed by atoms with Crippen molar-refractivity contribution < 1.29 is 14.1 Å². The molecule has 0 bridgehead atoms. The molecule has 0 N–H and O–H groups in total. The minimum absolute atomic E-state index is 0.0228. The van der Waals surface area contributed by atoms with Gasteiger partial charge in [-0.1, -0.05) is 5.16 Å². The lowest BCUT2D eigenvalue weighted by atomic mass is 10.2. The van der Waals surface area contributed by atoms with Gasteiger partial charge in [0.05, 0.1) is 6.42 Å². The van der Waals surface area contributed by atoms with Crippen LogP contribution in [-0.4, -0.2) is 22.5 Å². The Hall–Kier alpha value is -1.23. The van der Waals surface area contributed by atoms with Crippen LogP contribution in [0, 0.1) is 5.92 Å². The molecule has 1 saturated carbocycles. The average molecular weight is 224 g/mol. The van der Waals surface area contributed by atoms with Gasteiger partial charge < -0.3 is 9.26 Å². The fraction of sp³-hybridized carbons (Fsp3) is 0.727. The summed E-state index contributed by atoms with van der Waals surface area (Å²) in [5.41, 5.74) is 0. The maximum atomic E-state index is 10.9. The Morgan fingerprint density at radius 1 is 1.62 bits per heavy atom. The second kappa shape index (κ2) is 4.74. The van der Waals surface area contributed by atoms with Crippen LogP contribution in [0.5, 0.6) is 0 Å². The molecule has 1 heterocycles. The molecule has 88 valence electrons. The third-order valence-corrected chi connectivity index (χ3v) is 2.53. The van der Waals surface area contributed by atoms with Gasteiger partial charge in [-0.05, 0) is 32.6 Å². The Morgan fingerprint density at radius 2 is 2.38 bits per heavy atom. The molecular weight excluding hydrogens is 208 g/mol. The van der Waals surface area contributed by atoms with E-state index < -0.39 is 0 Å². The van der Waals surface area contributed by atoms with E-state index in [9.17, 15) is 4.79 Å². The summed E-state index contributed by atoms with van der Waals surface area (Å²) in [6, 6.07) is 0. The van der Waals surface area contributed by atoms with Gasteiger partial charge in [-0.25, -0.2) is 0 Å². The monoisotopic (exact) mass is 224 g/mol. The third kappa shape index (κ3) is 2.66. The van der Waals surface area contributed by atoms with Gasteiger partial charge in [-0.2, -0.15) is 4.98 Å².